The lowest BCUT2D eigenvalue weighted by molar-refractivity contribution is -0.542. The van der Waals surface area contributed by atoms with Crippen LogP contribution in [-0.2, 0) is 14.3 Å². The number of nitrogens with zero attached hydrogens (tertiary/aromatic N) is 1. The van der Waals surface area contributed by atoms with E-state index in [1.807, 2.05) is 0 Å². The summed E-state index contributed by atoms with van der Waals surface area (Å²) in [6, 6.07) is 3.06. The van der Waals surface area contributed by atoms with E-state index in [4.69, 9.17) is 9.47 Å². The molecule has 0 spiro atoms. The second-order valence-electron chi connectivity index (χ2n) is 4.76. The highest BCUT2D eigenvalue weighted by Crippen LogP contribution is 2.29. The first-order chi connectivity index (χ1) is 10.7. The van der Waals surface area contributed by atoms with Gasteiger partial charge in [0.2, 0.25) is 0 Å². The number of ether oxygens (including phenoxy) is 2. The Morgan fingerprint density at radius 2 is 2.04 bits per heavy atom. The number of methoxy groups -OCH3 is 1. The molecule has 0 aliphatic heterocycles. The number of hydrogen-bond acceptors (Lipinski definition) is 7. The summed E-state index contributed by atoms with van der Waals surface area (Å²) < 4.78 is 9.93. The molecule has 1 rings (SSSR count). The molecule has 8 nitrogen and oxygen atoms in total. The fraction of sp³-hybridized carbons (Fsp3) is 0.429. The van der Waals surface area contributed by atoms with E-state index in [0.717, 1.165) is 6.92 Å². The summed E-state index contributed by atoms with van der Waals surface area (Å²) >= 11 is 3.23. The Labute approximate surface area is 141 Å². The van der Waals surface area contributed by atoms with Gasteiger partial charge in [0.15, 0.2) is 0 Å². The summed E-state index contributed by atoms with van der Waals surface area (Å²) in [6.45, 7) is 4.25. The third-order valence-corrected chi connectivity index (χ3v) is 3.88. The van der Waals surface area contributed by atoms with Gasteiger partial charge in [0.05, 0.1) is 24.2 Å². The van der Waals surface area contributed by atoms with Crippen LogP contribution in [0.3, 0.4) is 0 Å². The number of carbonyl (C=O) groups is 2. The number of nitro groups is 1. The molecule has 0 radical (unpaired) electrons. The molecule has 1 aromatic rings. The van der Waals surface area contributed by atoms with E-state index in [2.05, 4.69) is 21.2 Å². The quantitative estimate of drug-likeness (QED) is 0.345. The van der Waals surface area contributed by atoms with Gasteiger partial charge >= 0.3 is 17.6 Å². The Bertz CT molecular complexity index is 648. The van der Waals surface area contributed by atoms with Gasteiger partial charge in [0.1, 0.15) is 0 Å². The largest absolute Gasteiger partial charge is 0.465 e. The minimum Gasteiger partial charge on any atom is -0.465 e. The smallest absolute Gasteiger partial charge is 0.407 e. The molecule has 0 aromatic heterocycles. The van der Waals surface area contributed by atoms with Gasteiger partial charge in [-0.15, -0.1) is 0 Å². The SMILES string of the molecule is CCOC(=O)C(C)(Nc1ccc(Br)c(C(=O)OC)c1C)[N+](=O)[O-]. The number of esters is 2. The standard InChI is InChI=1S/C14H17BrN2O6/c1-5-23-13(19)14(3,17(20)21)16-10-7-6-9(15)11(8(10)2)12(18)22-4/h6-7,16H,5H2,1-4H3. The molecule has 126 valence electrons. The summed E-state index contributed by atoms with van der Waals surface area (Å²) in [6.07, 6.45) is 0. The van der Waals surface area contributed by atoms with Gasteiger partial charge in [-0.3, -0.25) is 10.1 Å². The molecule has 0 bridgehead atoms. The third-order valence-electron chi connectivity index (χ3n) is 3.22. The number of benzene rings is 1. The molecule has 9 heteroatoms. The Morgan fingerprint density at radius 3 is 2.52 bits per heavy atom. The molecule has 1 aromatic carbocycles. The van der Waals surface area contributed by atoms with E-state index in [-0.39, 0.29) is 17.9 Å². The van der Waals surface area contributed by atoms with Crippen LogP contribution >= 0.6 is 15.9 Å². The summed E-state index contributed by atoms with van der Waals surface area (Å²) in [5.74, 6) is -1.62. The van der Waals surface area contributed by atoms with Crippen LogP contribution in [-0.4, -0.2) is 36.2 Å². The summed E-state index contributed by atoms with van der Waals surface area (Å²) in [5.41, 5.74) is -1.31. The minimum absolute atomic E-state index is 0.0106. The predicted octanol–water partition coefficient (Wildman–Crippen LogP) is 2.51. The van der Waals surface area contributed by atoms with E-state index in [9.17, 15) is 19.7 Å². The van der Waals surface area contributed by atoms with Crippen molar-refractivity contribution in [1.29, 1.82) is 0 Å². The third kappa shape index (κ3) is 3.79. The van der Waals surface area contributed by atoms with Crippen LogP contribution in [0.15, 0.2) is 16.6 Å². The molecule has 0 aliphatic rings. The van der Waals surface area contributed by atoms with E-state index < -0.39 is 22.5 Å². The zero-order valence-electron chi connectivity index (χ0n) is 13.1. The number of nitrogens with one attached hydrogen (secondary N) is 1. The van der Waals surface area contributed by atoms with Crippen LogP contribution in [0.5, 0.6) is 0 Å². The molecule has 0 fully saturated rings. The molecular formula is C14H17BrN2O6. The Balaban J connectivity index is 3.33. The molecule has 1 N–H and O–H groups in total. The molecule has 0 amide bonds. The Kier molecular flexibility index (Phi) is 6.08. The van der Waals surface area contributed by atoms with Crippen LogP contribution in [0.1, 0.15) is 29.8 Å². The van der Waals surface area contributed by atoms with Gasteiger partial charge in [-0.2, -0.15) is 0 Å². The Morgan fingerprint density at radius 1 is 1.43 bits per heavy atom. The van der Waals surface area contributed by atoms with Gasteiger partial charge < -0.3 is 14.8 Å². The normalized spacial score (nSPS) is 12.9. The second-order valence-corrected chi connectivity index (χ2v) is 5.62. The molecule has 0 heterocycles. The number of halogens is 1. The van der Waals surface area contributed by atoms with Crippen LogP contribution in [0.4, 0.5) is 5.69 Å². The van der Waals surface area contributed by atoms with Crippen LogP contribution < -0.4 is 5.32 Å². The van der Waals surface area contributed by atoms with Crippen molar-refractivity contribution in [3.63, 3.8) is 0 Å². The molecule has 0 aliphatic carbocycles. The summed E-state index contributed by atoms with van der Waals surface area (Å²) in [7, 11) is 1.23. The zero-order valence-corrected chi connectivity index (χ0v) is 14.7. The van der Waals surface area contributed by atoms with Crippen molar-refractivity contribution in [3.8, 4) is 0 Å². The molecule has 0 saturated heterocycles. The maximum Gasteiger partial charge on any atom is 0.407 e. The lowest BCUT2D eigenvalue weighted by Crippen LogP contribution is -2.51. The topological polar surface area (TPSA) is 108 Å². The first-order valence-electron chi connectivity index (χ1n) is 6.66. The maximum absolute atomic E-state index is 11.9. The number of anilines is 1. The lowest BCUT2D eigenvalue weighted by atomic mass is 10.1. The fourth-order valence-corrected chi connectivity index (χ4v) is 2.46. The molecule has 1 atom stereocenters. The summed E-state index contributed by atoms with van der Waals surface area (Å²) in [5, 5.41) is 13.9. The molecule has 1 unspecified atom stereocenters. The predicted molar refractivity (Wildman–Crippen MR) is 85.9 cm³/mol. The van der Waals surface area contributed by atoms with Crippen molar-refractivity contribution in [2.24, 2.45) is 0 Å². The van der Waals surface area contributed by atoms with Crippen molar-refractivity contribution >= 4 is 33.6 Å². The highest BCUT2D eigenvalue weighted by atomic mass is 79.9. The van der Waals surface area contributed by atoms with Crippen molar-refractivity contribution in [2.75, 3.05) is 19.0 Å². The van der Waals surface area contributed by atoms with Gasteiger partial charge in [-0.25, -0.2) is 9.59 Å². The summed E-state index contributed by atoms with van der Waals surface area (Å²) in [4.78, 5) is 34.3. The highest BCUT2D eigenvalue weighted by molar-refractivity contribution is 9.10. The van der Waals surface area contributed by atoms with Crippen molar-refractivity contribution in [2.45, 2.75) is 26.4 Å². The van der Waals surface area contributed by atoms with Crippen LogP contribution in [0, 0.1) is 17.0 Å². The van der Waals surface area contributed by atoms with Crippen LogP contribution in [0.25, 0.3) is 0 Å². The number of carbonyl (C=O) groups excluding carboxylic acids is 2. The van der Waals surface area contributed by atoms with E-state index >= 15 is 0 Å². The van der Waals surface area contributed by atoms with Gasteiger partial charge in [-0.1, -0.05) is 0 Å². The average molecular weight is 389 g/mol. The van der Waals surface area contributed by atoms with Gasteiger partial charge in [-0.05, 0) is 47.5 Å². The fourth-order valence-electron chi connectivity index (χ4n) is 1.87. The first-order valence-corrected chi connectivity index (χ1v) is 7.45. The van der Waals surface area contributed by atoms with E-state index in [0.29, 0.717) is 10.0 Å². The second kappa shape index (κ2) is 7.40. The molecule has 23 heavy (non-hydrogen) atoms. The monoisotopic (exact) mass is 388 g/mol. The van der Waals surface area contributed by atoms with E-state index in [1.54, 1.807) is 13.8 Å². The maximum atomic E-state index is 11.9. The van der Waals surface area contributed by atoms with Gasteiger partial charge in [0, 0.05) is 17.1 Å². The van der Waals surface area contributed by atoms with Crippen molar-refractivity contribution in [3.05, 3.63) is 37.8 Å². The van der Waals surface area contributed by atoms with Gasteiger partial charge in [0.25, 0.3) is 0 Å². The van der Waals surface area contributed by atoms with Crippen molar-refractivity contribution in [1.82, 2.24) is 0 Å². The zero-order chi connectivity index (χ0) is 17.8. The number of rotatable bonds is 6. The Hall–Kier alpha value is -2.16. The van der Waals surface area contributed by atoms with E-state index in [1.165, 1.54) is 19.2 Å². The lowest BCUT2D eigenvalue weighted by Gasteiger charge is -2.23. The molecule has 0 saturated carbocycles. The number of hydrogen-bond donors (Lipinski definition) is 1. The highest BCUT2D eigenvalue weighted by Gasteiger charge is 2.48. The minimum atomic E-state index is -2.18. The first kappa shape index (κ1) is 18.9. The average Bonchev–Trinajstić information content (AvgIpc) is 2.49. The van der Waals surface area contributed by atoms with Crippen LogP contribution in [0.2, 0.25) is 0 Å². The van der Waals surface area contributed by atoms with Crippen molar-refractivity contribution < 1.29 is 24.0 Å². The molecular weight excluding hydrogens is 372 g/mol.